The Hall–Kier alpha value is -3.09. The fourth-order valence-electron chi connectivity index (χ4n) is 8.93. The number of hydrogen-bond donors (Lipinski definition) is 1. The van der Waals surface area contributed by atoms with Gasteiger partial charge in [0.25, 0.3) is 0 Å². The lowest BCUT2D eigenvalue weighted by atomic mass is 9.73. The van der Waals surface area contributed by atoms with Crippen molar-refractivity contribution >= 4 is 81.0 Å². The summed E-state index contributed by atoms with van der Waals surface area (Å²) in [6.45, 7) is 24.2. The van der Waals surface area contributed by atoms with Crippen LogP contribution in [0.15, 0.2) is 12.7 Å². The topological polar surface area (TPSA) is 102 Å². The Bertz CT molecular complexity index is 2390. The summed E-state index contributed by atoms with van der Waals surface area (Å²) in [5.41, 5.74) is 11.2. The fourth-order valence-corrected chi connectivity index (χ4v) is 11.4. The van der Waals surface area contributed by atoms with Crippen LogP contribution in [0.3, 0.4) is 0 Å². The van der Waals surface area contributed by atoms with Crippen LogP contribution in [-0.4, -0.2) is 74.2 Å². The lowest BCUT2D eigenvalue weighted by Crippen LogP contribution is -2.39. The van der Waals surface area contributed by atoms with Gasteiger partial charge in [0.2, 0.25) is 0 Å². The van der Waals surface area contributed by atoms with Crippen molar-refractivity contribution in [3.05, 3.63) is 51.4 Å². The molecule has 0 amide bonds. The van der Waals surface area contributed by atoms with Crippen molar-refractivity contribution in [2.24, 2.45) is 22.7 Å². The molecular formula is C44H57ClN8OS2. The second-order valence-electron chi connectivity index (χ2n) is 18.6. The largest absolute Gasteiger partial charge is 0.379 e. The summed E-state index contributed by atoms with van der Waals surface area (Å²) in [7, 11) is 0. The number of nitrogens with one attached hydrogen (secondary N) is 1. The van der Waals surface area contributed by atoms with Gasteiger partial charge in [-0.2, -0.15) is 0 Å². The number of nitrogens with zero attached hydrogens (tertiary/aromatic N) is 7. The minimum Gasteiger partial charge on any atom is -0.379 e. The highest BCUT2D eigenvalue weighted by Gasteiger charge is 2.33. The zero-order valence-electron chi connectivity index (χ0n) is 34.4. The first-order valence-electron chi connectivity index (χ1n) is 20.6. The fraction of sp³-hybridized carbons (Fsp3) is 0.591. The lowest BCUT2D eigenvalue weighted by Gasteiger charge is -2.33. The number of thiophene rings is 2. The number of aromatic nitrogens is 6. The highest BCUT2D eigenvalue weighted by atomic mass is 35.5. The van der Waals surface area contributed by atoms with E-state index in [9.17, 15) is 0 Å². The van der Waals surface area contributed by atoms with E-state index in [0.717, 1.165) is 114 Å². The second-order valence-corrected chi connectivity index (χ2v) is 21.0. The number of rotatable bonds is 8. The van der Waals surface area contributed by atoms with E-state index in [2.05, 4.69) is 80.6 Å². The van der Waals surface area contributed by atoms with Crippen LogP contribution in [0.1, 0.15) is 102 Å². The molecule has 9 nitrogen and oxygen atoms in total. The predicted molar refractivity (Wildman–Crippen MR) is 235 cm³/mol. The van der Waals surface area contributed by atoms with Crippen molar-refractivity contribution in [1.29, 1.82) is 0 Å². The average molecular weight is 814 g/mol. The molecule has 3 aliphatic rings. The molecule has 56 heavy (non-hydrogen) atoms. The van der Waals surface area contributed by atoms with E-state index in [0.29, 0.717) is 27.8 Å². The number of fused-ring (bicyclic) bond motifs is 10. The van der Waals surface area contributed by atoms with Crippen molar-refractivity contribution in [3.63, 3.8) is 0 Å². The smallest absolute Gasteiger partial charge is 0.150 e. The Labute approximate surface area is 344 Å². The molecule has 0 radical (unpaired) electrons. The molecule has 6 aromatic rings. The van der Waals surface area contributed by atoms with E-state index in [-0.39, 0.29) is 0 Å². The van der Waals surface area contributed by atoms with Gasteiger partial charge in [-0.3, -0.25) is 4.90 Å². The molecule has 9 rings (SSSR count). The van der Waals surface area contributed by atoms with Gasteiger partial charge in [-0.25, -0.2) is 29.9 Å². The van der Waals surface area contributed by atoms with Crippen molar-refractivity contribution < 1.29 is 4.74 Å². The summed E-state index contributed by atoms with van der Waals surface area (Å²) in [6.07, 6.45) is 12.2. The van der Waals surface area contributed by atoms with Crippen molar-refractivity contribution in [1.82, 2.24) is 34.8 Å². The molecule has 1 aliphatic heterocycles. The number of pyridine rings is 2. The average Bonchev–Trinajstić information content (AvgIpc) is 3.71. The van der Waals surface area contributed by atoms with E-state index in [1.54, 1.807) is 35.3 Å². The molecule has 0 bridgehead atoms. The van der Waals surface area contributed by atoms with Gasteiger partial charge in [-0.15, -0.1) is 22.7 Å². The van der Waals surface area contributed by atoms with Gasteiger partial charge in [0.05, 0.1) is 33.6 Å². The Balaban J connectivity index is 0.000000164. The number of ether oxygens (including phenoxy) is 1. The highest BCUT2D eigenvalue weighted by Crippen LogP contribution is 2.46. The monoisotopic (exact) mass is 812 g/mol. The standard InChI is InChI=1S/C25H35N5OS.C19H22ClN3S/c1-16(2)13-19-17-5-6-25(3,4)14-18(17)20-21-22(32-24(20)29-19)23(28-15-27-21)26-7-8-30-9-11-31-12-10-30;1-10(2)7-13-11-5-6-19(3,4)8-12(11)14-15-16(24-18(14)23-13)17(20)22-9-21-15/h15-16H,5-14H2,1-4H3,(H,26,27,28);9-10H,5-8H2,1-4H3. The highest BCUT2D eigenvalue weighted by molar-refractivity contribution is 7.26. The number of hydrogen-bond acceptors (Lipinski definition) is 11. The Morgan fingerprint density at radius 1 is 0.732 bits per heavy atom. The zero-order chi connectivity index (χ0) is 39.4. The summed E-state index contributed by atoms with van der Waals surface area (Å²) in [6, 6.07) is 0. The normalized spacial score (nSPS) is 18.1. The second kappa shape index (κ2) is 15.9. The number of anilines is 1. The van der Waals surface area contributed by atoms with E-state index < -0.39 is 0 Å². The van der Waals surface area contributed by atoms with Crippen LogP contribution in [0.2, 0.25) is 5.15 Å². The van der Waals surface area contributed by atoms with Gasteiger partial charge in [0, 0.05) is 48.3 Å². The Kier molecular flexibility index (Phi) is 11.3. The van der Waals surface area contributed by atoms with Crippen LogP contribution in [0.25, 0.3) is 40.9 Å². The first-order chi connectivity index (χ1) is 26.8. The van der Waals surface area contributed by atoms with Crippen LogP contribution in [0, 0.1) is 22.7 Å². The van der Waals surface area contributed by atoms with E-state index in [1.165, 1.54) is 57.3 Å². The van der Waals surface area contributed by atoms with Gasteiger partial charge >= 0.3 is 0 Å². The first-order valence-corrected chi connectivity index (χ1v) is 22.6. The van der Waals surface area contributed by atoms with Gasteiger partial charge < -0.3 is 10.1 Å². The third kappa shape index (κ3) is 8.13. The van der Waals surface area contributed by atoms with Gasteiger partial charge in [0.15, 0.2) is 0 Å². The Morgan fingerprint density at radius 3 is 1.80 bits per heavy atom. The molecular weight excluding hydrogens is 756 g/mol. The molecule has 1 N–H and O–H groups in total. The summed E-state index contributed by atoms with van der Waals surface area (Å²) in [4.78, 5) is 33.0. The quantitative estimate of drug-likeness (QED) is 0.151. The molecule has 298 valence electrons. The van der Waals surface area contributed by atoms with E-state index in [4.69, 9.17) is 31.3 Å². The van der Waals surface area contributed by atoms with E-state index >= 15 is 0 Å². The summed E-state index contributed by atoms with van der Waals surface area (Å²) in [5, 5.41) is 6.62. The molecule has 0 saturated carbocycles. The van der Waals surface area contributed by atoms with Gasteiger partial charge in [0.1, 0.15) is 33.3 Å². The van der Waals surface area contributed by atoms with Crippen LogP contribution in [-0.2, 0) is 43.3 Å². The summed E-state index contributed by atoms with van der Waals surface area (Å²) in [5.74, 6) is 2.15. The minimum absolute atomic E-state index is 0.316. The van der Waals surface area contributed by atoms with E-state index in [1.807, 2.05) is 0 Å². The Morgan fingerprint density at radius 2 is 1.25 bits per heavy atom. The van der Waals surface area contributed by atoms with Crippen LogP contribution in [0.5, 0.6) is 0 Å². The molecule has 0 spiro atoms. The molecule has 7 heterocycles. The van der Waals surface area contributed by atoms with Crippen LogP contribution in [0.4, 0.5) is 5.82 Å². The molecule has 0 unspecified atom stereocenters. The third-order valence-electron chi connectivity index (χ3n) is 11.8. The third-order valence-corrected chi connectivity index (χ3v) is 14.4. The van der Waals surface area contributed by atoms with Gasteiger partial charge in [-0.05, 0) is 96.3 Å². The first kappa shape index (κ1) is 39.7. The lowest BCUT2D eigenvalue weighted by molar-refractivity contribution is 0.0398. The zero-order valence-corrected chi connectivity index (χ0v) is 36.8. The molecule has 12 heteroatoms. The van der Waals surface area contributed by atoms with Crippen LogP contribution < -0.4 is 5.32 Å². The summed E-state index contributed by atoms with van der Waals surface area (Å²) >= 11 is 9.71. The maximum absolute atomic E-state index is 6.32. The molecule has 0 atom stereocenters. The molecule has 1 fully saturated rings. The van der Waals surface area contributed by atoms with Crippen molar-refractivity contribution in [3.8, 4) is 0 Å². The number of morpholine rings is 1. The SMILES string of the molecule is CC(C)Cc1nc2sc3c(Cl)ncnc3c2c2c1CCC(C)(C)C2.CC(C)Cc1nc2sc3c(NCCN4CCOCC4)ncnc3c2c2c1CCC(C)(C)C2. The van der Waals surface area contributed by atoms with Crippen molar-refractivity contribution in [2.75, 3.05) is 44.7 Å². The maximum Gasteiger partial charge on any atom is 0.150 e. The molecule has 2 aliphatic carbocycles. The number of halogens is 1. The van der Waals surface area contributed by atoms with Crippen LogP contribution >= 0.6 is 34.3 Å². The van der Waals surface area contributed by atoms with Crippen molar-refractivity contribution in [2.45, 2.75) is 107 Å². The molecule has 6 aromatic heterocycles. The predicted octanol–water partition coefficient (Wildman–Crippen LogP) is 10.3. The van der Waals surface area contributed by atoms with Gasteiger partial charge in [-0.1, -0.05) is 67.0 Å². The molecule has 0 aromatic carbocycles. The molecule has 1 saturated heterocycles. The summed E-state index contributed by atoms with van der Waals surface area (Å²) < 4.78 is 7.57. The minimum atomic E-state index is 0.316. The maximum atomic E-state index is 6.32.